The molecule has 1 aliphatic rings. The minimum Gasteiger partial charge on any atom is -0.382 e. The molecule has 0 atom stereocenters. The van der Waals surface area contributed by atoms with Crippen LogP contribution in [0.5, 0.6) is 0 Å². The van der Waals surface area contributed by atoms with Crippen LogP contribution in [0.1, 0.15) is 18.4 Å². The van der Waals surface area contributed by atoms with Crippen LogP contribution in [0, 0.1) is 0 Å². The van der Waals surface area contributed by atoms with Crippen molar-refractivity contribution in [2.24, 2.45) is 0 Å². The van der Waals surface area contributed by atoms with E-state index in [1.54, 1.807) is 6.20 Å². The SMILES string of the molecule is c1cncc(CN2CCC(Nc3ccc(-n4ccnc4)cc3)CC2)c1. The Bertz CT molecular complexity index is 760. The normalized spacial score (nSPS) is 16.0. The summed E-state index contributed by atoms with van der Waals surface area (Å²) in [5, 5.41) is 3.67. The van der Waals surface area contributed by atoms with Crippen LogP contribution in [0.3, 0.4) is 0 Å². The van der Waals surface area contributed by atoms with Crippen molar-refractivity contribution in [1.29, 1.82) is 0 Å². The van der Waals surface area contributed by atoms with Gasteiger partial charge in [-0.05, 0) is 48.7 Å². The number of anilines is 1. The number of nitrogens with one attached hydrogen (secondary N) is 1. The molecule has 1 fully saturated rings. The minimum atomic E-state index is 0.546. The maximum absolute atomic E-state index is 4.20. The molecule has 4 rings (SSSR count). The average Bonchev–Trinajstić information content (AvgIpc) is 3.20. The molecule has 5 nitrogen and oxygen atoms in total. The Morgan fingerprint density at radius 1 is 1.00 bits per heavy atom. The van der Waals surface area contributed by atoms with Gasteiger partial charge in [-0.15, -0.1) is 0 Å². The number of piperidine rings is 1. The van der Waals surface area contributed by atoms with Crippen molar-refractivity contribution in [3.8, 4) is 5.69 Å². The lowest BCUT2D eigenvalue weighted by Crippen LogP contribution is -2.38. The van der Waals surface area contributed by atoms with Crippen molar-refractivity contribution in [1.82, 2.24) is 19.4 Å². The summed E-state index contributed by atoms with van der Waals surface area (Å²) in [6, 6.07) is 13.3. The number of aromatic nitrogens is 3. The second kappa shape index (κ2) is 7.49. The molecule has 0 spiro atoms. The van der Waals surface area contributed by atoms with Crippen LogP contribution in [-0.4, -0.2) is 38.6 Å². The van der Waals surface area contributed by atoms with Gasteiger partial charge in [0.2, 0.25) is 0 Å². The maximum atomic E-state index is 4.20. The molecule has 128 valence electrons. The lowest BCUT2D eigenvalue weighted by molar-refractivity contribution is 0.211. The third kappa shape index (κ3) is 4.06. The van der Waals surface area contributed by atoms with E-state index in [1.165, 1.54) is 24.1 Å². The topological polar surface area (TPSA) is 46.0 Å². The van der Waals surface area contributed by atoms with E-state index in [9.17, 15) is 0 Å². The zero-order valence-corrected chi connectivity index (χ0v) is 14.3. The molecule has 0 unspecified atom stereocenters. The van der Waals surface area contributed by atoms with E-state index >= 15 is 0 Å². The molecule has 3 aromatic rings. The third-order valence-electron chi connectivity index (χ3n) is 4.76. The number of pyridine rings is 1. The first-order valence-electron chi connectivity index (χ1n) is 8.83. The summed E-state index contributed by atoms with van der Waals surface area (Å²) in [5.41, 5.74) is 3.62. The Balaban J connectivity index is 1.28. The monoisotopic (exact) mass is 333 g/mol. The zero-order valence-electron chi connectivity index (χ0n) is 14.3. The van der Waals surface area contributed by atoms with Crippen LogP contribution < -0.4 is 5.32 Å². The molecule has 1 N–H and O–H groups in total. The summed E-state index contributed by atoms with van der Waals surface area (Å²) in [5.74, 6) is 0. The molecule has 2 aromatic heterocycles. The second-order valence-electron chi connectivity index (χ2n) is 6.57. The summed E-state index contributed by atoms with van der Waals surface area (Å²) in [6.45, 7) is 3.25. The molecule has 1 aromatic carbocycles. The van der Waals surface area contributed by atoms with E-state index in [4.69, 9.17) is 0 Å². The van der Waals surface area contributed by atoms with Gasteiger partial charge in [0, 0.05) is 61.8 Å². The predicted octanol–water partition coefficient (Wildman–Crippen LogP) is 3.34. The molecule has 0 bridgehead atoms. The first-order valence-corrected chi connectivity index (χ1v) is 8.83. The predicted molar refractivity (Wildman–Crippen MR) is 99.7 cm³/mol. The zero-order chi connectivity index (χ0) is 16.9. The molecule has 1 saturated heterocycles. The van der Waals surface area contributed by atoms with E-state index in [0.717, 1.165) is 25.3 Å². The van der Waals surface area contributed by atoms with Crippen molar-refractivity contribution in [3.05, 3.63) is 73.1 Å². The number of imidazole rings is 1. The first kappa shape index (κ1) is 15.8. The van der Waals surface area contributed by atoms with Gasteiger partial charge in [0.1, 0.15) is 0 Å². The van der Waals surface area contributed by atoms with Gasteiger partial charge in [-0.25, -0.2) is 4.98 Å². The summed E-state index contributed by atoms with van der Waals surface area (Å²) in [7, 11) is 0. The fourth-order valence-electron chi connectivity index (χ4n) is 3.36. The Hall–Kier alpha value is -2.66. The van der Waals surface area contributed by atoms with Crippen molar-refractivity contribution in [2.45, 2.75) is 25.4 Å². The van der Waals surface area contributed by atoms with Gasteiger partial charge in [0.15, 0.2) is 0 Å². The standard InChI is InChI=1S/C20H23N5/c1-2-17(14-21-9-1)15-24-11-7-19(8-12-24)23-18-3-5-20(6-4-18)25-13-10-22-16-25/h1-6,9-10,13-14,16,19,23H,7-8,11-12,15H2. The fourth-order valence-corrected chi connectivity index (χ4v) is 3.36. The average molecular weight is 333 g/mol. The number of nitrogens with zero attached hydrogens (tertiary/aromatic N) is 4. The smallest absolute Gasteiger partial charge is 0.0991 e. The Morgan fingerprint density at radius 2 is 1.84 bits per heavy atom. The molecule has 0 radical (unpaired) electrons. The van der Waals surface area contributed by atoms with E-state index in [1.807, 2.05) is 35.6 Å². The summed E-state index contributed by atoms with van der Waals surface area (Å²) in [6.07, 6.45) is 11.7. The number of hydrogen-bond donors (Lipinski definition) is 1. The van der Waals surface area contributed by atoms with Gasteiger partial charge in [-0.1, -0.05) is 6.07 Å². The highest BCUT2D eigenvalue weighted by atomic mass is 15.1. The van der Waals surface area contributed by atoms with Gasteiger partial charge in [-0.3, -0.25) is 9.88 Å². The van der Waals surface area contributed by atoms with Crippen molar-refractivity contribution in [2.75, 3.05) is 18.4 Å². The van der Waals surface area contributed by atoms with E-state index in [-0.39, 0.29) is 0 Å². The van der Waals surface area contributed by atoms with Crippen molar-refractivity contribution in [3.63, 3.8) is 0 Å². The van der Waals surface area contributed by atoms with E-state index in [2.05, 4.69) is 50.5 Å². The second-order valence-corrected chi connectivity index (χ2v) is 6.57. The van der Waals surface area contributed by atoms with Gasteiger partial charge >= 0.3 is 0 Å². The number of hydrogen-bond acceptors (Lipinski definition) is 4. The van der Waals surface area contributed by atoms with Crippen molar-refractivity contribution >= 4 is 5.69 Å². The summed E-state index contributed by atoms with van der Waals surface area (Å²) in [4.78, 5) is 10.8. The maximum Gasteiger partial charge on any atom is 0.0991 e. The fraction of sp³-hybridized carbons (Fsp3) is 0.300. The van der Waals surface area contributed by atoms with Gasteiger partial charge in [0.25, 0.3) is 0 Å². The Morgan fingerprint density at radius 3 is 2.52 bits per heavy atom. The highest BCUT2D eigenvalue weighted by Crippen LogP contribution is 2.19. The summed E-state index contributed by atoms with van der Waals surface area (Å²) >= 11 is 0. The van der Waals surface area contributed by atoms with E-state index < -0.39 is 0 Å². The van der Waals surface area contributed by atoms with Gasteiger partial charge in [-0.2, -0.15) is 0 Å². The number of likely N-dealkylation sites (tertiary alicyclic amines) is 1. The largest absolute Gasteiger partial charge is 0.382 e. The molecular weight excluding hydrogens is 310 g/mol. The molecular formula is C20H23N5. The number of rotatable bonds is 5. The third-order valence-corrected chi connectivity index (χ3v) is 4.76. The molecule has 25 heavy (non-hydrogen) atoms. The molecule has 0 amide bonds. The molecule has 3 heterocycles. The van der Waals surface area contributed by atoms with Crippen LogP contribution in [-0.2, 0) is 6.54 Å². The van der Waals surface area contributed by atoms with Gasteiger partial charge < -0.3 is 9.88 Å². The Labute approximate surface area is 148 Å². The minimum absolute atomic E-state index is 0.546. The lowest BCUT2D eigenvalue weighted by atomic mass is 10.0. The van der Waals surface area contributed by atoms with Crippen LogP contribution in [0.4, 0.5) is 5.69 Å². The summed E-state index contributed by atoms with van der Waals surface area (Å²) < 4.78 is 2.01. The Kier molecular flexibility index (Phi) is 4.74. The number of benzene rings is 1. The van der Waals surface area contributed by atoms with Gasteiger partial charge in [0.05, 0.1) is 6.33 Å². The molecule has 0 saturated carbocycles. The van der Waals surface area contributed by atoms with Crippen LogP contribution >= 0.6 is 0 Å². The van der Waals surface area contributed by atoms with E-state index in [0.29, 0.717) is 6.04 Å². The van der Waals surface area contributed by atoms with Crippen LogP contribution in [0.15, 0.2) is 67.5 Å². The highest BCUT2D eigenvalue weighted by molar-refractivity contribution is 5.49. The highest BCUT2D eigenvalue weighted by Gasteiger charge is 2.19. The molecule has 0 aliphatic carbocycles. The first-order chi connectivity index (χ1) is 12.4. The van der Waals surface area contributed by atoms with Crippen LogP contribution in [0.2, 0.25) is 0 Å². The molecule has 5 heteroatoms. The lowest BCUT2D eigenvalue weighted by Gasteiger charge is -2.32. The van der Waals surface area contributed by atoms with Crippen molar-refractivity contribution < 1.29 is 0 Å². The van der Waals surface area contributed by atoms with Crippen LogP contribution in [0.25, 0.3) is 5.69 Å². The molecule has 1 aliphatic heterocycles. The quantitative estimate of drug-likeness (QED) is 0.778.